The molecule has 0 spiro atoms. The molecule has 0 aliphatic carbocycles. The normalized spacial score (nSPS) is 10.9. The minimum absolute atomic E-state index is 0.187. The van der Waals surface area contributed by atoms with Gasteiger partial charge in [-0.2, -0.15) is 0 Å². The van der Waals surface area contributed by atoms with Crippen LogP contribution < -0.4 is 5.32 Å². The molecule has 0 fully saturated rings. The van der Waals surface area contributed by atoms with Crippen molar-refractivity contribution < 1.29 is 14.7 Å². The van der Waals surface area contributed by atoms with E-state index in [0.717, 1.165) is 0 Å². The molecule has 0 saturated carbocycles. The van der Waals surface area contributed by atoms with Crippen LogP contribution in [0, 0.1) is 0 Å². The van der Waals surface area contributed by atoms with Crippen LogP contribution in [0.15, 0.2) is 48.6 Å². The van der Waals surface area contributed by atoms with E-state index in [9.17, 15) is 9.59 Å². The van der Waals surface area contributed by atoms with E-state index in [1.165, 1.54) is 18.2 Å². The Morgan fingerprint density at radius 3 is 2.35 bits per heavy atom. The van der Waals surface area contributed by atoms with Crippen LogP contribution in [0.2, 0.25) is 0 Å². The molecule has 0 saturated heterocycles. The Hall–Kier alpha value is -2.36. The highest BCUT2D eigenvalue weighted by Gasteiger charge is 2.02. The minimum atomic E-state index is -0.990. The van der Waals surface area contributed by atoms with Crippen LogP contribution in [-0.2, 0) is 4.79 Å². The maximum atomic E-state index is 11.4. The number of benzene rings is 1. The zero-order chi connectivity index (χ0) is 12.7. The quantitative estimate of drug-likeness (QED) is 0.618. The third-order valence-corrected chi connectivity index (χ3v) is 1.95. The van der Waals surface area contributed by atoms with Crippen LogP contribution in [0.5, 0.6) is 0 Å². The lowest BCUT2D eigenvalue weighted by atomic mass is 10.2. The maximum absolute atomic E-state index is 11.4. The summed E-state index contributed by atoms with van der Waals surface area (Å²) < 4.78 is 0. The second kappa shape index (κ2) is 6.27. The molecule has 0 aliphatic rings. The first-order valence-electron chi connectivity index (χ1n) is 5.07. The summed E-state index contributed by atoms with van der Waals surface area (Å²) in [6.45, 7) is 1.85. The lowest BCUT2D eigenvalue weighted by molar-refractivity contribution is -0.111. The molecule has 0 atom stereocenters. The second-order valence-corrected chi connectivity index (χ2v) is 3.26. The number of allylic oxidation sites excluding steroid dienone is 3. The van der Waals surface area contributed by atoms with Gasteiger partial charge in [0.2, 0.25) is 5.91 Å². The SMILES string of the molecule is CC=CC=CC(=O)Nc1ccc(C(=O)O)cc1. The third-order valence-electron chi connectivity index (χ3n) is 1.95. The van der Waals surface area contributed by atoms with E-state index < -0.39 is 5.97 Å². The molecule has 1 aromatic rings. The van der Waals surface area contributed by atoms with Crippen molar-refractivity contribution in [3.05, 3.63) is 54.1 Å². The molecular formula is C13H13NO3. The monoisotopic (exact) mass is 231 g/mol. The summed E-state index contributed by atoms with van der Waals surface area (Å²) in [5, 5.41) is 11.3. The molecule has 1 aromatic carbocycles. The number of nitrogens with one attached hydrogen (secondary N) is 1. The summed E-state index contributed by atoms with van der Waals surface area (Å²) in [5.74, 6) is -1.25. The van der Waals surface area contributed by atoms with Gasteiger partial charge in [-0.25, -0.2) is 4.79 Å². The summed E-state index contributed by atoms with van der Waals surface area (Å²) in [7, 11) is 0. The molecule has 0 bridgehead atoms. The number of carboxylic acids is 1. The number of carbonyl (C=O) groups is 2. The Labute approximate surface area is 99.3 Å². The van der Waals surface area contributed by atoms with Crippen LogP contribution >= 0.6 is 0 Å². The number of anilines is 1. The molecule has 0 aromatic heterocycles. The highest BCUT2D eigenvalue weighted by Crippen LogP contribution is 2.09. The Bertz CT molecular complexity index is 458. The van der Waals surface area contributed by atoms with Gasteiger partial charge >= 0.3 is 5.97 Å². The highest BCUT2D eigenvalue weighted by molar-refractivity contribution is 5.99. The van der Waals surface area contributed by atoms with E-state index >= 15 is 0 Å². The van der Waals surface area contributed by atoms with Crippen molar-refractivity contribution in [3.63, 3.8) is 0 Å². The van der Waals surface area contributed by atoms with Gasteiger partial charge in [0.15, 0.2) is 0 Å². The van der Waals surface area contributed by atoms with Gasteiger partial charge in [0.1, 0.15) is 0 Å². The van der Waals surface area contributed by atoms with Crippen LogP contribution in [0.1, 0.15) is 17.3 Å². The lowest BCUT2D eigenvalue weighted by Gasteiger charge is -2.01. The van der Waals surface area contributed by atoms with Crippen molar-refractivity contribution in [2.45, 2.75) is 6.92 Å². The van der Waals surface area contributed by atoms with E-state index in [4.69, 9.17) is 5.11 Å². The lowest BCUT2D eigenvalue weighted by Crippen LogP contribution is -2.07. The van der Waals surface area contributed by atoms with Crippen molar-refractivity contribution in [1.29, 1.82) is 0 Å². The van der Waals surface area contributed by atoms with Gasteiger partial charge in [-0.1, -0.05) is 18.2 Å². The van der Waals surface area contributed by atoms with Crippen molar-refractivity contribution >= 4 is 17.6 Å². The number of hydrogen-bond donors (Lipinski definition) is 2. The molecular weight excluding hydrogens is 218 g/mol. The molecule has 88 valence electrons. The van der Waals surface area contributed by atoms with Gasteiger partial charge < -0.3 is 10.4 Å². The molecule has 0 aliphatic heterocycles. The van der Waals surface area contributed by atoms with Gasteiger partial charge in [0.05, 0.1) is 5.56 Å². The average Bonchev–Trinajstić information content (AvgIpc) is 2.30. The molecule has 0 radical (unpaired) electrons. The van der Waals surface area contributed by atoms with Crippen LogP contribution in [-0.4, -0.2) is 17.0 Å². The van der Waals surface area contributed by atoms with E-state index in [-0.39, 0.29) is 11.5 Å². The molecule has 2 N–H and O–H groups in total. The van der Waals surface area contributed by atoms with E-state index in [2.05, 4.69) is 5.32 Å². The van der Waals surface area contributed by atoms with Crippen molar-refractivity contribution in [2.24, 2.45) is 0 Å². The van der Waals surface area contributed by atoms with Crippen LogP contribution in [0.3, 0.4) is 0 Å². The predicted molar refractivity (Wildman–Crippen MR) is 66.0 cm³/mol. The Kier molecular flexibility index (Phi) is 4.69. The smallest absolute Gasteiger partial charge is 0.335 e. The Morgan fingerprint density at radius 1 is 1.18 bits per heavy atom. The highest BCUT2D eigenvalue weighted by atomic mass is 16.4. The van der Waals surface area contributed by atoms with E-state index in [1.54, 1.807) is 24.3 Å². The fourth-order valence-corrected chi connectivity index (χ4v) is 1.13. The molecule has 1 amide bonds. The van der Waals surface area contributed by atoms with Gasteiger partial charge in [-0.15, -0.1) is 0 Å². The van der Waals surface area contributed by atoms with Gasteiger partial charge in [-0.05, 0) is 31.2 Å². The summed E-state index contributed by atoms with van der Waals surface area (Å²) in [4.78, 5) is 22.0. The average molecular weight is 231 g/mol. The summed E-state index contributed by atoms with van der Waals surface area (Å²) in [5.41, 5.74) is 0.748. The fourth-order valence-electron chi connectivity index (χ4n) is 1.13. The van der Waals surface area contributed by atoms with Gasteiger partial charge in [-0.3, -0.25) is 4.79 Å². The summed E-state index contributed by atoms with van der Waals surface area (Å²) in [6, 6.07) is 5.97. The zero-order valence-corrected chi connectivity index (χ0v) is 9.38. The topological polar surface area (TPSA) is 66.4 Å². The minimum Gasteiger partial charge on any atom is -0.478 e. The first kappa shape index (κ1) is 12.7. The van der Waals surface area contributed by atoms with Crippen molar-refractivity contribution in [3.8, 4) is 0 Å². The van der Waals surface area contributed by atoms with E-state index in [0.29, 0.717) is 5.69 Å². The van der Waals surface area contributed by atoms with Crippen molar-refractivity contribution in [2.75, 3.05) is 5.32 Å². The maximum Gasteiger partial charge on any atom is 0.335 e. The number of rotatable bonds is 4. The first-order chi connectivity index (χ1) is 8.13. The molecule has 4 nitrogen and oxygen atoms in total. The Morgan fingerprint density at radius 2 is 1.82 bits per heavy atom. The number of aromatic carboxylic acids is 1. The van der Waals surface area contributed by atoms with Gasteiger partial charge in [0.25, 0.3) is 0 Å². The second-order valence-electron chi connectivity index (χ2n) is 3.26. The summed E-state index contributed by atoms with van der Waals surface area (Å²) in [6.07, 6.45) is 6.57. The van der Waals surface area contributed by atoms with E-state index in [1.807, 2.05) is 13.0 Å². The number of amides is 1. The summed E-state index contributed by atoms with van der Waals surface area (Å²) >= 11 is 0. The third kappa shape index (κ3) is 4.34. The molecule has 0 heterocycles. The molecule has 4 heteroatoms. The molecule has 17 heavy (non-hydrogen) atoms. The number of hydrogen-bond acceptors (Lipinski definition) is 2. The first-order valence-corrected chi connectivity index (χ1v) is 5.07. The van der Waals surface area contributed by atoms with Crippen LogP contribution in [0.25, 0.3) is 0 Å². The van der Waals surface area contributed by atoms with Crippen molar-refractivity contribution in [1.82, 2.24) is 0 Å². The standard InChI is InChI=1S/C13H13NO3/c1-2-3-4-5-12(15)14-11-8-6-10(7-9-11)13(16)17/h2-9H,1H3,(H,14,15)(H,16,17). The zero-order valence-electron chi connectivity index (χ0n) is 9.38. The Balaban J connectivity index is 2.63. The number of carbonyl (C=O) groups excluding carboxylic acids is 1. The number of carboxylic acid groups (broad SMARTS) is 1. The van der Waals surface area contributed by atoms with Gasteiger partial charge in [0, 0.05) is 11.8 Å². The fraction of sp³-hybridized carbons (Fsp3) is 0.0769. The largest absolute Gasteiger partial charge is 0.478 e. The predicted octanol–water partition coefficient (Wildman–Crippen LogP) is 2.46. The van der Waals surface area contributed by atoms with Crippen LogP contribution in [0.4, 0.5) is 5.69 Å². The molecule has 1 rings (SSSR count). The molecule has 0 unspecified atom stereocenters.